The van der Waals surface area contributed by atoms with Gasteiger partial charge in [-0.05, 0) is 42.5 Å². The number of ether oxygens (including phenoxy) is 2. The van der Waals surface area contributed by atoms with Crippen LogP contribution in [0.2, 0.25) is 0 Å². The first-order valence-electron chi connectivity index (χ1n) is 11.8. The third kappa shape index (κ3) is 6.98. The van der Waals surface area contributed by atoms with Gasteiger partial charge in [0.25, 0.3) is 5.91 Å². The highest BCUT2D eigenvalue weighted by atomic mass is 19.4. The lowest BCUT2D eigenvalue weighted by atomic mass is 10.2. The molecule has 0 aliphatic heterocycles. The van der Waals surface area contributed by atoms with Gasteiger partial charge in [-0.2, -0.15) is 13.2 Å². The molecule has 11 nitrogen and oxygen atoms in total. The van der Waals surface area contributed by atoms with Crippen LogP contribution in [0.3, 0.4) is 0 Å². The van der Waals surface area contributed by atoms with Gasteiger partial charge in [0.05, 0.1) is 16.6 Å². The molecule has 0 aliphatic carbocycles. The van der Waals surface area contributed by atoms with Gasteiger partial charge >= 0.3 is 12.1 Å². The van der Waals surface area contributed by atoms with Gasteiger partial charge in [-0.3, -0.25) is 14.6 Å². The van der Waals surface area contributed by atoms with Crippen LogP contribution in [-0.4, -0.2) is 44.0 Å². The smallest absolute Gasteiger partial charge is 0.475 e. The van der Waals surface area contributed by atoms with Gasteiger partial charge in [-0.1, -0.05) is 24.3 Å². The number of imidazole rings is 1. The number of nitrogens with two attached hydrogens (primary N) is 2. The number of primary amides is 2. The molecular weight excluding hydrogens is 559 g/mol. The van der Waals surface area contributed by atoms with E-state index >= 15 is 0 Å². The van der Waals surface area contributed by atoms with Crippen molar-refractivity contribution in [3.8, 4) is 34.5 Å². The maximum Gasteiger partial charge on any atom is 0.490 e. The molecule has 0 unspecified atom stereocenters. The minimum Gasteiger partial charge on any atom is -0.475 e. The number of nitrogens with one attached hydrogen (secondary N) is 1. The Morgan fingerprint density at radius 3 is 2.14 bits per heavy atom. The Morgan fingerprint density at radius 1 is 0.810 bits per heavy atom. The van der Waals surface area contributed by atoms with Crippen molar-refractivity contribution in [1.82, 2.24) is 15.0 Å². The molecule has 0 bridgehead atoms. The van der Waals surface area contributed by atoms with Crippen molar-refractivity contribution in [2.45, 2.75) is 6.18 Å². The fraction of sp³-hybridized carbons (Fsp3) is 0.0357. The number of aliphatic carboxylic acids is 1. The van der Waals surface area contributed by atoms with Crippen molar-refractivity contribution in [1.29, 1.82) is 0 Å². The predicted octanol–water partition coefficient (Wildman–Crippen LogP) is 5.04. The molecule has 5 aromatic rings. The van der Waals surface area contributed by atoms with E-state index in [2.05, 4.69) is 15.0 Å². The number of rotatable bonds is 7. The number of carboxylic acid groups (broad SMARTS) is 1. The second-order valence-electron chi connectivity index (χ2n) is 8.38. The molecule has 214 valence electrons. The second-order valence-corrected chi connectivity index (χ2v) is 8.38. The molecule has 0 saturated carbocycles. The first kappa shape index (κ1) is 29.1. The number of pyridine rings is 1. The normalized spacial score (nSPS) is 10.8. The Kier molecular flexibility index (Phi) is 8.36. The van der Waals surface area contributed by atoms with E-state index < -0.39 is 24.0 Å². The predicted molar refractivity (Wildman–Crippen MR) is 143 cm³/mol. The number of carboxylic acids is 1. The molecule has 2 heterocycles. The van der Waals surface area contributed by atoms with Gasteiger partial charge < -0.3 is 31.0 Å². The first-order chi connectivity index (χ1) is 19.9. The van der Waals surface area contributed by atoms with Crippen molar-refractivity contribution in [2.75, 3.05) is 0 Å². The summed E-state index contributed by atoms with van der Waals surface area (Å²) in [6.07, 6.45) is -3.40. The SMILES string of the molecule is NC(=O)c1cccc(Oc2cc3nc(-c4ccccn4)[nH]c3cc2Oc2ccccc2C(N)=O)c1.O=C(O)C(F)(F)F. The zero-order valence-corrected chi connectivity index (χ0v) is 21.3. The minimum atomic E-state index is -5.08. The zero-order chi connectivity index (χ0) is 30.4. The highest BCUT2D eigenvalue weighted by molar-refractivity contribution is 5.96. The number of halogens is 3. The van der Waals surface area contributed by atoms with Crippen LogP contribution in [0.1, 0.15) is 20.7 Å². The molecule has 0 fully saturated rings. The Hall–Kier alpha value is -5.92. The number of carbonyl (C=O) groups is 3. The van der Waals surface area contributed by atoms with Crippen LogP contribution >= 0.6 is 0 Å². The van der Waals surface area contributed by atoms with Crippen LogP contribution in [0.25, 0.3) is 22.6 Å². The molecule has 3 aromatic carbocycles. The number of aromatic nitrogens is 3. The molecule has 0 radical (unpaired) electrons. The van der Waals surface area contributed by atoms with Crippen LogP contribution in [0.5, 0.6) is 23.0 Å². The Morgan fingerprint density at radius 2 is 1.50 bits per heavy atom. The van der Waals surface area contributed by atoms with E-state index in [9.17, 15) is 22.8 Å². The minimum absolute atomic E-state index is 0.216. The van der Waals surface area contributed by atoms with E-state index in [0.717, 1.165) is 0 Å². The summed E-state index contributed by atoms with van der Waals surface area (Å²) in [5.74, 6) is -2.16. The number of hydrogen-bond acceptors (Lipinski definition) is 7. The van der Waals surface area contributed by atoms with Crippen molar-refractivity contribution in [2.24, 2.45) is 11.5 Å². The fourth-order valence-electron chi connectivity index (χ4n) is 3.52. The summed E-state index contributed by atoms with van der Waals surface area (Å²) >= 11 is 0. The highest BCUT2D eigenvalue weighted by Crippen LogP contribution is 2.39. The summed E-state index contributed by atoms with van der Waals surface area (Å²) in [6.45, 7) is 0. The maximum atomic E-state index is 11.9. The molecule has 2 aromatic heterocycles. The van der Waals surface area contributed by atoms with Crippen molar-refractivity contribution in [3.05, 3.63) is 96.2 Å². The molecule has 2 amide bonds. The average Bonchev–Trinajstić information content (AvgIpc) is 3.37. The third-order valence-electron chi connectivity index (χ3n) is 5.42. The zero-order valence-electron chi connectivity index (χ0n) is 21.3. The Bertz CT molecular complexity index is 1770. The number of amides is 2. The average molecular weight is 579 g/mol. The summed E-state index contributed by atoms with van der Waals surface area (Å²) in [5.41, 5.74) is 13.4. The number of nitrogens with zero attached hydrogens (tertiary/aromatic N) is 2. The molecule has 0 spiro atoms. The standard InChI is InChI=1S/C26H19N5O4.C2HF3O2/c27-24(32)15-6-5-7-16(12-15)34-22-13-19-20(31-26(30-19)18-9-3-4-11-29-18)14-23(22)35-21-10-2-1-8-17(21)25(28)33;3-2(4,5)1(6)7/h1-14H,(H2,27,32)(H2,28,33)(H,30,31);(H,6,7). The van der Waals surface area contributed by atoms with Gasteiger partial charge in [0.2, 0.25) is 5.91 Å². The maximum absolute atomic E-state index is 11.9. The van der Waals surface area contributed by atoms with Crippen molar-refractivity contribution < 1.29 is 42.1 Å². The first-order valence-corrected chi connectivity index (χ1v) is 11.8. The molecule has 42 heavy (non-hydrogen) atoms. The molecule has 0 aliphatic rings. The number of carbonyl (C=O) groups excluding carboxylic acids is 2. The number of benzene rings is 3. The van der Waals surface area contributed by atoms with E-state index in [1.165, 1.54) is 6.07 Å². The van der Waals surface area contributed by atoms with Crippen LogP contribution in [-0.2, 0) is 4.79 Å². The number of alkyl halides is 3. The summed E-state index contributed by atoms with van der Waals surface area (Å²) in [7, 11) is 0. The van der Waals surface area contributed by atoms with Gasteiger partial charge in [0.15, 0.2) is 17.3 Å². The topological polar surface area (TPSA) is 184 Å². The molecule has 5 rings (SSSR count). The van der Waals surface area contributed by atoms with E-state index in [0.29, 0.717) is 45.4 Å². The second kappa shape index (κ2) is 12.1. The lowest BCUT2D eigenvalue weighted by molar-refractivity contribution is -0.192. The lowest BCUT2D eigenvalue weighted by Crippen LogP contribution is -2.21. The summed E-state index contributed by atoms with van der Waals surface area (Å²) in [6, 6.07) is 22.0. The van der Waals surface area contributed by atoms with E-state index in [1.807, 2.05) is 18.2 Å². The number of aromatic amines is 1. The fourth-order valence-corrected chi connectivity index (χ4v) is 3.52. The number of hydrogen-bond donors (Lipinski definition) is 4. The highest BCUT2D eigenvalue weighted by Gasteiger charge is 2.38. The Balaban J connectivity index is 0.000000517. The summed E-state index contributed by atoms with van der Waals surface area (Å²) in [4.78, 5) is 44.6. The molecule has 6 N–H and O–H groups in total. The third-order valence-corrected chi connectivity index (χ3v) is 5.42. The monoisotopic (exact) mass is 579 g/mol. The van der Waals surface area contributed by atoms with Crippen LogP contribution < -0.4 is 20.9 Å². The van der Waals surface area contributed by atoms with Gasteiger partial charge in [0.1, 0.15) is 17.2 Å². The largest absolute Gasteiger partial charge is 0.490 e. The van der Waals surface area contributed by atoms with E-state index in [-0.39, 0.29) is 11.3 Å². The number of H-pyrrole nitrogens is 1. The molecular formula is C28H20F3N5O6. The van der Waals surface area contributed by atoms with Gasteiger partial charge in [-0.15, -0.1) is 0 Å². The number of fused-ring (bicyclic) bond motifs is 1. The van der Waals surface area contributed by atoms with E-state index in [1.54, 1.807) is 60.8 Å². The van der Waals surface area contributed by atoms with Gasteiger partial charge in [0, 0.05) is 23.9 Å². The van der Waals surface area contributed by atoms with Crippen molar-refractivity contribution >= 4 is 28.8 Å². The van der Waals surface area contributed by atoms with Crippen LogP contribution in [0.15, 0.2) is 85.1 Å². The molecule has 14 heteroatoms. The molecule has 0 atom stereocenters. The van der Waals surface area contributed by atoms with Crippen LogP contribution in [0.4, 0.5) is 13.2 Å². The lowest BCUT2D eigenvalue weighted by Gasteiger charge is -2.14. The van der Waals surface area contributed by atoms with E-state index in [4.69, 9.17) is 30.8 Å². The Labute approximate surface area is 234 Å². The summed E-state index contributed by atoms with van der Waals surface area (Å²) < 4.78 is 43.9. The summed E-state index contributed by atoms with van der Waals surface area (Å²) in [5, 5.41) is 7.12. The van der Waals surface area contributed by atoms with Gasteiger partial charge in [-0.25, -0.2) is 9.78 Å². The van der Waals surface area contributed by atoms with Crippen LogP contribution in [0, 0.1) is 0 Å². The van der Waals surface area contributed by atoms with Crippen molar-refractivity contribution in [3.63, 3.8) is 0 Å². The number of para-hydroxylation sites is 1. The molecule has 0 saturated heterocycles. The quantitative estimate of drug-likeness (QED) is 0.207.